The van der Waals surface area contributed by atoms with Crippen LogP contribution in [0.1, 0.15) is 37.3 Å². The average Bonchev–Trinajstić information content (AvgIpc) is 3.02. The first-order valence-electron chi connectivity index (χ1n) is 7.25. The van der Waals surface area contributed by atoms with Crippen molar-refractivity contribution < 1.29 is 0 Å². The minimum Gasteiger partial charge on any atom is -0.324 e. The van der Waals surface area contributed by atoms with Crippen molar-refractivity contribution in [2.45, 2.75) is 31.7 Å². The Balaban J connectivity index is 1.79. The van der Waals surface area contributed by atoms with Gasteiger partial charge in [-0.25, -0.2) is 0 Å². The predicted octanol–water partition coefficient (Wildman–Crippen LogP) is 4.54. The molecule has 0 unspecified atom stereocenters. The molecule has 19 heavy (non-hydrogen) atoms. The molecule has 3 rings (SSSR count). The van der Waals surface area contributed by atoms with Crippen molar-refractivity contribution in [3.8, 4) is 11.1 Å². The molecule has 98 valence electrons. The standard InChI is InChI=1S/C18H21N/c19-18(16-8-4-5-9-16)17-12-10-15(11-13-17)14-6-2-1-3-7-14/h1-3,6-7,10-13,16,18H,4-5,8-9,19H2/t18-/m1/s1. The highest BCUT2D eigenvalue weighted by atomic mass is 14.7. The fraction of sp³-hybridized carbons (Fsp3) is 0.333. The Labute approximate surface area is 115 Å². The Morgan fingerprint density at radius 1 is 0.789 bits per heavy atom. The van der Waals surface area contributed by atoms with Gasteiger partial charge in [0, 0.05) is 6.04 Å². The molecule has 0 saturated heterocycles. The van der Waals surface area contributed by atoms with Crippen LogP contribution in [0.3, 0.4) is 0 Å². The van der Waals surface area contributed by atoms with Gasteiger partial charge in [-0.05, 0) is 35.4 Å². The molecule has 1 nitrogen and oxygen atoms in total. The van der Waals surface area contributed by atoms with Crippen LogP contribution in [0.25, 0.3) is 11.1 Å². The van der Waals surface area contributed by atoms with Crippen molar-refractivity contribution in [1.82, 2.24) is 0 Å². The first-order chi connectivity index (χ1) is 9.34. The van der Waals surface area contributed by atoms with Gasteiger partial charge in [0.25, 0.3) is 0 Å². The fourth-order valence-electron chi connectivity index (χ4n) is 3.12. The Hall–Kier alpha value is -1.60. The third kappa shape index (κ3) is 2.71. The van der Waals surface area contributed by atoms with Crippen molar-refractivity contribution in [2.75, 3.05) is 0 Å². The SMILES string of the molecule is N[C@@H](c1ccc(-c2ccccc2)cc1)C1CCCC1. The van der Waals surface area contributed by atoms with E-state index in [0.717, 1.165) is 0 Å². The van der Waals surface area contributed by atoms with E-state index in [0.29, 0.717) is 5.92 Å². The van der Waals surface area contributed by atoms with Crippen molar-refractivity contribution in [1.29, 1.82) is 0 Å². The largest absolute Gasteiger partial charge is 0.324 e. The summed E-state index contributed by atoms with van der Waals surface area (Å²) < 4.78 is 0. The highest BCUT2D eigenvalue weighted by Gasteiger charge is 2.22. The third-order valence-electron chi connectivity index (χ3n) is 4.31. The van der Waals surface area contributed by atoms with Crippen LogP contribution >= 0.6 is 0 Å². The highest BCUT2D eigenvalue weighted by Crippen LogP contribution is 2.34. The second-order valence-corrected chi connectivity index (χ2v) is 5.56. The second kappa shape index (κ2) is 5.58. The van der Waals surface area contributed by atoms with E-state index in [1.165, 1.54) is 42.4 Å². The van der Waals surface area contributed by atoms with Gasteiger partial charge in [-0.3, -0.25) is 0 Å². The molecule has 2 N–H and O–H groups in total. The van der Waals surface area contributed by atoms with Crippen LogP contribution in [0.2, 0.25) is 0 Å². The summed E-state index contributed by atoms with van der Waals surface area (Å²) in [5, 5.41) is 0. The molecule has 0 amide bonds. The van der Waals surface area contributed by atoms with E-state index in [4.69, 9.17) is 5.73 Å². The molecule has 1 aliphatic rings. The van der Waals surface area contributed by atoms with E-state index in [1.54, 1.807) is 0 Å². The van der Waals surface area contributed by atoms with Gasteiger partial charge in [-0.1, -0.05) is 67.4 Å². The molecule has 2 aromatic rings. The van der Waals surface area contributed by atoms with Crippen LogP contribution in [-0.4, -0.2) is 0 Å². The molecule has 0 aliphatic heterocycles. The molecule has 1 aliphatic carbocycles. The summed E-state index contributed by atoms with van der Waals surface area (Å²) >= 11 is 0. The molecule has 0 aromatic heterocycles. The van der Waals surface area contributed by atoms with Gasteiger partial charge in [0.1, 0.15) is 0 Å². The minimum absolute atomic E-state index is 0.215. The monoisotopic (exact) mass is 251 g/mol. The fourth-order valence-corrected chi connectivity index (χ4v) is 3.12. The molecule has 1 heteroatoms. The van der Waals surface area contributed by atoms with Gasteiger partial charge in [-0.2, -0.15) is 0 Å². The van der Waals surface area contributed by atoms with Crippen LogP contribution in [-0.2, 0) is 0 Å². The number of rotatable bonds is 3. The Morgan fingerprint density at radius 2 is 1.37 bits per heavy atom. The van der Waals surface area contributed by atoms with E-state index >= 15 is 0 Å². The highest BCUT2D eigenvalue weighted by molar-refractivity contribution is 5.63. The van der Waals surface area contributed by atoms with E-state index in [2.05, 4.69) is 48.5 Å². The van der Waals surface area contributed by atoms with Crippen LogP contribution in [0.5, 0.6) is 0 Å². The second-order valence-electron chi connectivity index (χ2n) is 5.56. The zero-order chi connectivity index (χ0) is 13.1. The number of hydrogen-bond donors (Lipinski definition) is 1. The molecule has 1 saturated carbocycles. The average molecular weight is 251 g/mol. The maximum atomic E-state index is 6.39. The molecule has 0 bridgehead atoms. The summed E-state index contributed by atoms with van der Waals surface area (Å²) in [5.41, 5.74) is 10.2. The number of nitrogens with two attached hydrogens (primary N) is 1. The lowest BCUT2D eigenvalue weighted by Gasteiger charge is -2.19. The van der Waals surface area contributed by atoms with Gasteiger partial charge in [-0.15, -0.1) is 0 Å². The lowest BCUT2D eigenvalue weighted by atomic mass is 9.91. The first kappa shape index (κ1) is 12.4. The van der Waals surface area contributed by atoms with E-state index in [-0.39, 0.29) is 6.04 Å². The predicted molar refractivity (Wildman–Crippen MR) is 80.8 cm³/mol. The smallest absolute Gasteiger partial charge is 0.0323 e. The van der Waals surface area contributed by atoms with Crippen molar-refractivity contribution in [3.05, 3.63) is 60.2 Å². The van der Waals surface area contributed by atoms with Gasteiger partial charge in [0.05, 0.1) is 0 Å². The van der Waals surface area contributed by atoms with Gasteiger partial charge in [0.2, 0.25) is 0 Å². The molecule has 1 fully saturated rings. The van der Waals surface area contributed by atoms with Gasteiger partial charge in [0.15, 0.2) is 0 Å². The minimum atomic E-state index is 0.215. The zero-order valence-corrected chi connectivity index (χ0v) is 11.3. The van der Waals surface area contributed by atoms with E-state index < -0.39 is 0 Å². The first-order valence-corrected chi connectivity index (χ1v) is 7.25. The van der Waals surface area contributed by atoms with Crippen molar-refractivity contribution in [3.63, 3.8) is 0 Å². The molecule has 0 spiro atoms. The van der Waals surface area contributed by atoms with E-state index in [9.17, 15) is 0 Å². The topological polar surface area (TPSA) is 26.0 Å². The van der Waals surface area contributed by atoms with E-state index in [1.807, 2.05) is 6.07 Å². The van der Waals surface area contributed by atoms with Crippen LogP contribution in [0, 0.1) is 5.92 Å². The van der Waals surface area contributed by atoms with Crippen molar-refractivity contribution in [2.24, 2.45) is 11.7 Å². The molecule has 1 atom stereocenters. The van der Waals surface area contributed by atoms with Crippen LogP contribution < -0.4 is 5.73 Å². The lowest BCUT2D eigenvalue weighted by Crippen LogP contribution is -2.18. The van der Waals surface area contributed by atoms with Gasteiger partial charge >= 0.3 is 0 Å². The van der Waals surface area contributed by atoms with Gasteiger partial charge < -0.3 is 5.73 Å². The van der Waals surface area contributed by atoms with Crippen LogP contribution in [0.4, 0.5) is 0 Å². The Bertz CT molecular complexity index is 509. The van der Waals surface area contributed by atoms with Crippen LogP contribution in [0.15, 0.2) is 54.6 Å². The summed E-state index contributed by atoms with van der Waals surface area (Å²) in [6.07, 6.45) is 5.28. The summed E-state index contributed by atoms with van der Waals surface area (Å²) in [6, 6.07) is 19.5. The quantitative estimate of drug-likeness (QED) is 0.851. The zero-order valence-electron chi connectivity index (χ0n) is 11.3. The summed E-state index contributed by atoms with van der Waals surface area (Å²) in [5.74, 6) is 0.683. The Kier molecular flexibility index (Phi) is 3.65. The molecule has 2 aromatic carbocycles. The van der Waals surface area contributed by atoms with Crippen molar-refractivity contribution >= 4 is 0 Å². The normalized spacial score (nSPS) is 17.5. The summed E-state index contributed by atoms with van der Waals surface area (Å²) in [7, 11) is 0. The maximum absolute atomic E-state index is 6.39. The molecular formula is C18H21N. The maximum Gasteiger partial charge on any atom is 0.0323 e. The third-order valence-corrected chi connectivity index (χ3v) is 4.31. The molecule has 0 heterocycles. The summed E-state index contributed by atoms with van der Waals surface area (Å²) in [6.45, 7) is 0. The number of hydrogen-bond acceptors (Lipinski definition) is 1. The number of benzene rings is 2. The lowest BCUT2D eigenvalue weighted by molar-refractivity contribution is 0.445. The molecular weight excluding hydrogens is 230 g/mol. The Morgan fingerprint density at radius 3 is 2.00 bits per heavy atom. The molecule has 0 radical (unpaired) electrons. The summed E-state index contributed by atoms with van der Waals surface area (Å²) in [4.78, 5) is 0.